The Labute approximate surface area is 193 Å². The molecule has 170 valence electrons. The van der Waals surface area contributed by atoms with Gasteiger partial charge >= 0.3 is 0 Å². The van der Waals surface area contributed by atoms with E-state index >= 15 is 0 Å². The number of aryl methyl sites for hydroxylation is 2. The van der Waals surface area contributed by atoms with Crippen molar-refractivity contribution in [3.63, 3.8) is 0 Å². The SMILES string of the molecule is Cc1ccc(C)c(NC(=O)C2CCN(S(=O)(=O)c3ccc4c(c3)NC(=O)[C@@H](C)S4)CC2)c1. The minimum Gasteiger partial charge on any atom is -0.326 e. The first-order valence-corrected chi connectivity index (χ1v) is 13.0. The molecule has 2 aromatic rings. The fraction of sp³-hybridized carbons (Fsp3) is 0.391. The number of nitrogens with zero attached hydrogens (tertiary/aromatic N) is 1. The monoisotopic (exact) mass is 473 g/mol. The number of thioether (sulfide) groups is 1. The summed E-state index contributed by atoms with van der Waals surface area (Å²) in [5, 5.41) is 5.57. The van der Waals surface area contributed by atoms with Gasteiger partial charge in [0.05, 0.1) is 15.8 Å². The molecule has 0 bridgehead atoms. The Bertz CT molecular complexity index is 1170. The first-order valence-electron chi connectivity index (χ1n) is 10.6. The molecule has 0 saturated carbocycles. The van der Waals surface area contributed by atoms with Gasteiger partial charge in [0.15, 0.2) is 0 Å². The normalized spacial score (nSPS) is 19.8. The summed E-state index contributed by atoms with van der Waals surface area (Å²) < 4.78 is 27.8. The van der Waals surface area contributed by atoms with Gasteiger partial charge in [0.1, 0.15) is 0 Å². The van der Waals surface area contributed by atoms with E-state index < -0.39 is 10.0 Å². The van der Waals surface area contributed by atoms with Gasteiger partial charge in [-0.25, -0.2) is 8.42 Å². The molecule has 7 nitrogen and oxygen atoms in total. The Kier molecular flexibility index (Phi) is 6.33. The van der Waals surface area contributed by atoms with Gasteiger partial charge in [0.25, 0.3) is 0 Å². The number of nitrogens with one attached hydrogen (secondary N) is 2. The number of rotatable bonds is 4. The molecule has 1 fully saturated rings. The van der Waals surface area contributed by atoms with E-state index in [1.165, 1.54) is 22.1 Å². The van der Waals surface area contributed by atoms with Crippen molar-refractivity contribution in [1.82, 2.24) is 4.31 Å². The fourth-order valence-corrected chi connectivity index (χ4v) is 6.39. The molecule has 0 unspecified atom stereocenters. The molecule has 2 heterocycles. The zero-order valence-corrected chi connectivity index (χ0v) is 20.0. The van der Waals surface area contributed by atoms with Crippen molar-refractivity contribution in [1.29, 1.82) is 0 Å². The van der Waals surface area contributed by atoms with Crippen molar-refractivity contribution in [3.05, 3.63) is 47.5 Å². The minimum atomic E-state index is -3.71. The van der Waals surface area contributed by atoms with Gasteiger partial charge in [0.2, 0.25) is 21.8 Å². The topological polar surface area (TPSA) is 95.6 Å². The first kappa shape index (κ1) is 22.8. The van der Waals surface area contributed by atoms with E-state index in [0.717, 1.165) is 21.7 Å². The molecule has 1 saturated heterocycles. The van der Waals surface area contributed by atoms with Crippen molar-refractivity contribution < 1.29 is 18.0 Å². The molecule has 0 radical (unpaired) electrons. The smallest absolute Gasteiger partial charge is 0.243 e. The summed E-state index contributed by atoms with van der Waals surface area (Å²) in [5.74, 6) is -0.437. The predicted molar refractivity (Wildman–Crippen MR) is 126 cm³/mol. The first-order chi connectivity index (χ1) is 15.1. The molecular formula is C23H27N3O4S2. The van der Waals surface area contributed by atoms with E-state index in [0.29, 0.717) is 18.5 Å². The highest BCUT2D eigenvalue weighted by Crippen LogP contribution is 2.37. The van der Waals surface area contributed by atoms with Crippen LogP contribution < -0.4 is 10.6 Å². The third kappa shape index (κ3) is 4.55. The molecule has 2 aromatic carbocycles. The van der Waals surface area contributed by atoms with Gasteiger partial charge in [-0.05, 0) is 69.0 Å². The molecule has 4 rings (SSSR count). The molecule has 32 heavy (non-hydrogen) atoms. The van der Waals surface area contributed by atoms with Crippen LogP contribution in [0.5, 0.6) is 0 Å². The lowest BCUT2D eigenvalue weighted by atomic mass is 9.97. The number of anilines is 2. The van der Waals surface area contributed by atoms with Crippen LogP contribution in [0, 0.1) is 19.8 Å². The fourth-order valence-electron chi connectivity index (χ4n) is 3.96. The summed E-state index contributed by atoms with van der Waals surface area (Å²) in [6.45, 7) is 6.30. The molecule has 2 amide bonds. The number of amides is 2. The second-order valence-electron chi connectivity index (χ2n) is 8.39. The van der Waals surface area contributed by atoms with Gasteiger partial charge in [-0.3, -0.25) is 9.59 Å². The summed E-state index contributed by atoms with van der Waals surface area (Å²) in [6.07, 6.45) is 0.927. The summed E-state index contributed by atoms with van der Waals surface area (Å²) in [6, 6.07) is 10.8. The summed E-state index contributed by atoms with van der Waals surface area (Å²) in [4.78, 5) is 25.7. The van der Waals surface area contributed by atoms with Crippen molar-refractivity contribution in [2.75, 3.05) is 23.7 Å². The van der Waals surface area contributed by atoms with Crippen LogP contribution in [0.4, 0.5) is 11.4 Å². The summed E-state index contributed by atoms with van der Waals surface area (Å²) >= 11 is 1.42. The molecule has 2 aliphatic heterocycles. The predicted octanol–water partition coefficient (Wildman–Crippen LogP) is 3.78. The zero-order chi connectivity index (χ0) is 23.0. The highest BCUT2D eigenvalue weighted by Gasteiger charge is 2.33. The van der Waals surface area contributed by atoms with Crippen LogP contribution in [0.1, 0.15) is 30.9 Å². The van der Waals surface area contributed by atoms with E-state index in [-0.39, 0.29) is 41.0 Å². The highest BCUT2D eigenvalue weighted by molar-refractivity contribution is 8.01. The molecule has 9 heteroatoms. The van der Waals surface area contributed by atoms with E-state index in [2.05, 4.69) is 10.6 Å². The summed E-state index contributed by atoms with van der Waals surface area (Å²) in [5.41, 5.74) is 3.40. The average molecular weight is 474 g/mol. The number of benzene rings is 2. The van der Waals surface area contributed by atoms with E-state index in [1.807, 2.05) is 39.0 Å². The molecular weight excluding hydrogens is 446 g/mol. The van der Waals surface area contributed by atoms with E-state index in [4.69, 9.17) is 0 Å². The number of carbonyl (C=O) groups excluding carboxylic acids is 2. The van der Waals surface area contributed by atoms with Crippen LogP contribution >= 0.6 is 11.8 Å². The molecule has 0 aliphatic carbocycles. The van der Waals surface area contributed by atoms with E-state index in [1.54, 1.807) is 12.1 Å². The third-order valence-electron chi connectivity index (χ3n) is 6.00. The number of carbonyl (C=O) groups is 2. The van der Waals surface area contributed by atoms with Crippen LogP contribution in [0.3, 0.4) is 0 Å². The largest absolute Gasteiger partial charge is 0.326 e. The number of sulfonamides is 1. The lowest BCUT2D eigenvalue weighted by Crippen LogP contribution is -2.41. The molecule has 2 N–H and O–H groups in total. The van der Waals surface area contributed by atoms with Crippen LogP contribution in [0.2, 0.25) is 0 Å². The molecule has 2 aliphatic rings. The van der Waals surface area contributed by atoms with Gasteiger partial charge in [-0.15, -0.1) is 11.8 Å². The lowest BCUT2D eigenvalue weighted by molar-refractivity contribution is -0.121. The second kappa shape index (κ2) is 8.88. The van der Waals surface area contributed by atoms with Gasteiger partial charge < -0.3 is 10.6 Å². The van der Waals surface area contributed by atoms with Crippen molar-refractivity contribution in [3.8, 4) is 0 Å². The van der Waals surface area contributed by atoms with Gasteiger partial charge in [-0.2, -0.15) is 4.31 Å². The Morgan fingerprint density at radius 1 is 1.12 bits per heavy atom. The minimum absolute atomic E-state index is 0.0709. The Morgan fingerprint density at radius 2 is 1.84 bits per heavy atom. The standard InChI is InChI=1S/C23H27N3O4S2/c1-14-4-5-15(2)19(12-14)24-23(28)17-8-10-26(11-9-17)32(29,30)18-6-7-21-20(13-18)25-22(27)16(3)31-21/h4-7,12-13,16-17H,8-11H2,1-3H3,(H,24,28)(H,25,27)/t16-/m1/s1. The molecule has 0 aromatic heterocycles. The van der Waals surface area contributed by atoms with Crippen molar-refractivity contribution in [2.24, 2.45) is 5.92 Å². The average Bonchev–Trinajstić information content (AvgIpc) is 2.76. The van der Waals surface area contributed by atoms with Crippen molar-refractivity contribution in [2.45, 2.75) is 48.7 Å². The number of piperidine rings is 1. The van der Waals surface area contributed by atoms with Crippen LogP contribution in [0.25, 0.3) is 0 Å². The number of hydrogen-bond donors (Lipinski definition) is 2. The molecule has 1 atom stereocenters. The maximum Gasteiger partial charge on any atom is 0.243 e. The van der Waals surface area contributed by atoms with Crippen LogP contribution in [-0.4, -0.2) is 42.9 Å². The van der Waals surface area contributed by atoms with Gasteiger partial charge in [-0.1, -0.05) is 12.1 Å². The molecule has 0 spiro atoms. The van der Waals surface area contributed by atoms with Crippen LogP contribution in [0.15, 0.2) is 46.2 Å². The van der Waals surface area contributed by atoms with Gasteiger partial charge in [0, 0.05) is 29.6 Å². The van der Waals surface area contributed by atoms with E-state index in [9.17, 15) is 18.0 Å². The quantitative estimate of drug-likeness (QED) is 0.705. The maximum absolute atomic E-state index is 13.2. The Balaban J connectivity index is 1.42. The van der Waals surface area contributed by atoms with Crippen LogP contribution in [-0.2, 0) is 19.6 Å². The maximum atomic E-state index is 13.2. The summed E-state index contributed by atoms with van der Waals surface area (Å²) in [7, 11) is -3.71. The number of hydrogen-bond acceptors (Lipinski definition) is 5. The number of fused-ring (bicyclic) bond motifs is 1. The zero-order valence-electron chi connectivity index (χ0n) is 18.3. The van der Waals surface area contributed by atoms with Crippen molar-refractivity contribution >= 4 is 45.0 Å². The Morgan fingerprint density at radius 3 is 2.56 bits per heavy atom. The lowest BCUT2D eigenvalue weighted by Gasteiger charge is -2.31. The highest BCUT2D eigenvalue weighted by atomic mass is 32.2. The second-order valence-corrected chi connectivity index (χ2v) is 11.7. The Hall–Kier alpha value is -2.36. The third-order valence-corrected chi connectivity index (χ3v) is 9.07.